The zero-order valence-corrected chi connectivity index (χ0v) is 10.4. The van der Waals surface area contributed by atoms with Crippen molar-refractivity contribution < 1.29 is 14.6 Å². The highest BCUT2D eigenvalue weighted by atomic mass is 16.5. The van der Waals surface area contributed by atoms with Gasteiger partial charge in [0, 0.05) is 25.4 Å². The summed E-state index contributed by atoms with van der Waals surface area (Å²) in [4.78, 5) is 18.9. The molecule has 3 N–H and O–H groups in total. The summed E-state index contributed by atoms with van der Waals surface area (Å²) in [5, 5.41) is 12.5. The highest BCUT2D eigenvalue weighted by Crippen LogP contribution is 2.26. The number of aromatic amines is 1. The molecule has 6 nitrogen and oxygen atoms in total. The molecule has 2 rings (SSSR count). The third-order valence-electron chi connectivity index (χ3n) is 3.42. The normalized spacial score (nSPS) is 28.0. The first-order valence-corrected chi connectivity index (χ1v) is 6.17. The average molecular weight is 253 g/mol. The van der Waals surface area contributed by atoms with Crippen LogP contribution in [0.5, 0.6) is 0 Å². The molecule has 1 saturated carbocycles. The lowest BCUT2D eigenvalue weighted by atomic mass is 9.84. The predicted molar refractivity (Wildman–Crippen MR) is 64.6 cm³/mol. The van der Waals surface area contributed by atoms with Gasteiger partial charge in [-0.15, -0.1) is 0 Å². The van der Waals surface area contributed by atoms with Gasteiger partial charge >= 0.3 is 0 Å². The summed E-state index contributed by atoms with van der Waals surface area (Å²) >= 11 is 0. The number of methoxy groups -OCH3 is 1. The van der Waals surface area contributed by atoms with Gasteiger partial charge in [-0.25, -0.2) is 4.98 Å². The van der Waals surface area contributed by atoms with Gasteiger partial charge in [-0.05, 0) is 19.3 Å². The molecule has 18 heavy (non-hydrogen) atoms. The number of rotatable bonds is 4. The van der Waals surface area contributed by atoms with E-state index < -0.39 is 6.10 Å². The fourth-order valence-corrected chi connectivity index (χ4v) is 2.31. The Morgan fingerprint density at radius 2 is 2.50 bits per heavy atom. The van der Waals surface area contributed by atoms with Gasteiger partial charge in [-0.2, -0.15) is 0 Å². The van der Waals surface area contributed by atoms with E-state index in [1.54, 1.807) is 19.5 Å². The Morgan fingerprint density at radius 1 is 1.67 bits per heavy atom. The molecular weight excluding hydrogens is 234 g/mol. The van der Waals surface area contributed by atoms with Crippen LogP contribution in [-0.4, -0.2) is 40.3 Å². The van der Waals surface area contributed by atoms with E-state index >= 15 is 0 Å². The van der Waals surface area contributed by atoms with E-state index in [9.17, 15) is 9.90 Å². The number of aliphatic hydroxyl groups excluding tert-OH is 1. The Kier molecular flexibility index (Phi) is 4.33. The summed E-state index contributed by atoms with van der Waals surface area (Å²) in [6, 6.07) is 0. The number of ether oxygens (including phenoxy) is 1. The van der Waals surface area contributed by atoms with E-state index in [-0.39, 0.29) is 17.9 Å². The van der Waals surface area contributed by atoms with Crippen LogP contribution in [0.25, 0.3) is 0 Å². The van der Waals surface area contributed by atoms with Gasteiger partial charge in [0.15, 0.2) is 0 Å². The molecule has 1 fully saturated rings. The van der Waals surface area contributed by atoms with Crippen molar-refractivity contribution in [1.29, 1.82) is 0 Å². The molecule has 6 heteroatoms. The number of hydrogen-bond donors (Lipinski definition) is 3. The second-order valence-electron chi connectivity index (χ2n) is 4.61. The average Bonchev–Trinajstić information content (AvgIpc) is 2.89. The van der Waals surface area contributed by atoms with Crippen molar-refractivity contribution in [2.75, 3.05) is 7.11 Å². The zero-order valence-electron chi connectivity index (χ0n) is 10.4. The summed E-state index contributed by atoms with van der Waals surface area (Å²) in [5.41, 5.74) is 0. The molecule has 0 saturated heterocycles. The smallest absolute Gasteiger partial charge is 0.223 e. The third-order valence-corrected chi connectivity index (χ3v) is 3.42. The lowest BCUT2D eigenvalue weighted by molar-refractivity contribution is -0.130. The maximum Gasteiger partial charge on any atom is 0.223 e. The first kappa shape index (κ1) is 13.0. The summed E-state index contributed by atoms with van der Waals surface area (Å²) in [6.07, 6.45) is 4.56. The fraction of sp³-hybridized carbons (Fsp3) is 0.667. The molecule has 0 bridgehead atoms. The Morgan fingerprint density at radius 3 is 3.17 bits per heavy atom. The van der Waals surface area contributed by atoms with Crippen molar-refractivity contribution in [3.63, 3.8) is 0 Å². The first-order chi connectivity index (χ1) is 8.70. The van der Waals surface area contributed by atoms with Crippen LogP contribution in [0, 0.1) is 5.92 Å². The minimum absolute atomic E-state index is 0.000324. The minimum Gasteiger partial charge on any atom is -0.390 e. The number of carbonyl (C=O) groups excluding carboxylic acids is 1. The number of carbonyl (C=O) groups is 1. The summed E-state index contributed by atoms with van der Waals surface area (Å²) in [7, 11) is 1.57. The number of nitrogens with zero attached hydrogens (tertiary/aromatic N) is 1. The van der Waals surface area contributed by atoms with Crippen LogP contribution in [0.4, 0.5) is 0 Å². The quantitative estimate of drug-likeness (QED) is 0.715. The van der Waals surface area contributed by atoms with E-state index in [4.69, 9.17) is 4.74 Å². The standard InChI is InChI=1S/C12H19N3O3/c1-18-10-6-8(2-3-9(10)16)12(17)15-7-11-13-4-5-14-11/h4-5,8-10,16H,2-3,6-7H2,1H3,(H,13,14)(H,15,17)/t8-,9+,10-/m1/s1. The number of aliphatic hydroxyl groups is 1. The number of nitrogens with one attached hydrogen (secondary N) is 2. The lowest BCUT2D eigenvalue weighted by Crippen LogP contribution is -2.41. The summed E-state index contributed by atoms with van der Waals surface area (Å²) in [6.45, 7) is 0.405. The fourth-order valence-electron chi connectivity index (χ4n) is 2.31. The highest BCUT2D eigenvalue weighted by molar-refractivity contribution is 5.78. The summed E-state index contributed by atoms with van der Waals surface area (Å²) < 4.78 is 5.19. The van der Waals surface area contributed by atoms with E-state index in [1.807, 2.05) is 0 Å². The Bertz CT molecular complexity index is 380. The molecular formula is C12H19N3O3. The van der Waals surface area contributed by atoms with Crippen molar-refractivity contribution in [2.45, 2.75) is 38.0 Å². The molecule has 1 amide bonds. The monoisotopic (exact) mass is 253 g/mol. The van der Waals surface area contributed by atoms with E-state index in [1.165, 1.54) is 0 Å². The second kappa shape index (κ2) is 5.97. The van der Waals surface area contributed by atoms with E-state index in [2.05, 4.69) is 15.3 Å². The summed E-state index contributed by atoms with van der Waals surface area (Å²) in [5.74, 6) is 0.649. The van der Waals surface area contributed by atoms with Crippen LogP contribution in [0.3, 0.4) is 0 Å². The van der Waals surface area contributed by atoms with Crippen LogP contribution in [-0.2, 0) is 16.1 Å². The number of aromatic nitrogens is 2. The third kappa shape index (κ3) is 3.08. The van der Waals surface area contributed by atoms with Crippen LogP contribution in [0.1, 0.15) is 25.1 Å². The van der Waals surface area contributed by atoms with Gasteiger partial charge in [-0.1, -0.05) is 0 Å². The number of hydrogen-bond acceptors (Lipinski definition) is 4. The first-order valence-electron chi connectivity index (χ1n) is 6.17. The van der Waals surface area contributed by atoms with Crippen LogP contribution < -0.4 is 5.32 Å². The van der Waals surface area contributed by atoms with Gasteiger partial charge < -0.3 is 20.1 Å². The van der Waals surface area contributed by atoms with Gasteiger partial charge in [0.05, 0.1) is 18.8 Å². The molecule has 3 atom stereocenters. The topological polar surface area (TPSA) is 87.2 Å². The van der Waals surface area contributed by atoms with Crippen LogP contribution in [0.15, 0.2) is 12.4 Å². The molecule has 0 unspecified atom stereocenters. The largest absolute Gasteiger partial charge is 0.390 e. The van der Waals surface area contributed by atoms with Gasteiger partial charge in [0.25, 0.3) is 0 Å². The van der Waals surface area contributed by atoms with Crippen molar-refractivity contribution >= 4 is 5.91 Å². The number of imidazole rings is 1. The molecule has 1 aromatic heterocycles. The lowest BCUT2D eigenvalue weighted by Gasteiger charge is -2.31. The Labute approximate surface area is 106 Å². The molecule has 100 valence electrons. The van der Waals surface area contributed by atoms with Crippen molar-refractivity contribution in [1.82, 2.24) is 15.3 Å². The predicted octanol–water partition coefficient (Wildman–Crippen LogP) is 0.202. The number of amides is 1. The highest BCUT2D eigenvalue weighted by Gasteiger charge is 2.32. The zero-order chi connectivity index (χ0) is 13.0. The van der Waals surface area contributed by atoms with Crippen LogP contribution >= 0.6 is 0 Å². The molecule has 1 aromatic rings. The second-order valence-corrected chi connectivity index (χ2v) is 4.61. The maximum absolute atomic E-state index is 12.0. The van der Waals surface area contributed by atoms with Crippen molar-refractivity contribution in [3.8, 4) is 0 Å². The van der Waals surface area contributed by atoms with Gasteiger partial charge in [0.2, 0.25) is 5.91 Å². The van der Waals surface area contributed by atoms with Gasteiger partial charge in [0.1, 0.15) is 5.82 Å². The van der Waals surface area contributed by atoms with E-state index in [0.717, 1.165) is 5.82 Å². The molecule has 1 aliphatic rings. The molecule has 1 aliphatic carbocycles. The minimum atomic E-state index is -0.455. The number of H-pyrrole nitrogens is 1. The van der Waals surface area contributed by atoms with Crippen molar-refractivity contribution in [2.24, 2.45) is 5.92 Å². The van der Waals surface area contributed by atoms with Crippen molar-refractivity contribution in [3.05, 3.63) is 18.2 Å². The maximum atomic E-state index is 12.0. The van der Waals surface area contributed by atoms with Gasteiger partial charge in [-0.3, -0.25) is 4.79 Å². The van der Waals surface area contributed by atoms with E-state index in [0.29, 0.717) is 25.8 Å². The molecule has 1 heterocycles. The Hall–Kier alpha value is -1.40. The molecule has 0 aromatic carbocycles. The molecule has 0 aliphatic heterocycles. The molecule has 0 spiro atoms. The van der Waals surface area contributed by atoms with Crippen LogP contribution in [0.2, 0.25) is 0 Å². The Balaban J connectivity index is 1.82. The molecule has 0 radical (unpaired) electrons. The SMILES string of the molecule is CO[C@@H]1C[C@H](C(=O)NCc2ncc[nH]2)CC[C@@H]1O.